The van der Waals surface area contributed by atoms with Crippen molar-refractivity contribution in [1.29, 1.82) is 0 Å². The average molecular weight is 181 g/mol. The zero-order valence-electron chi connectivity index (χ0n) is 7.04. The molecule has 0 amide bonds. The third-order valence-corrected chi connectivity index (χ3v) is 2.64. The standard InChI is InChI=1S/C9H11NOS/c1-2-3-8-4-5-9(12-8)6-10-7-11/h4-5H,2-3,6H2,1H3. The van der Waals surface area contributed by atoms with E-state index in [1.165, 1.54) is 11.0 Å². The smallest absolute Gasteiger partial charge is 0.211 e. The molecule has 0 saturated heterocycles. The van der Waals surface area contributed by atoms with E-state index in [4.69, 9.17) is 0 Å². The first-order valence-electron chi connectivity index (χ1n) is 3.98. The van der Waals surface area contributed by atoms with Crippen molar-refractivity contribution in [3.05, 3.63) is 21.9 Å². The molecule has 0 N–H and O–H groups in total. The molecular weight excluding hydrogens is 170 g/mol. The van der Waals surface area contributed by atoms with Gasteiger partial charge in [-0.05, 0) is 18.6 Å². The highest BCUT2D eigenvalue weighted by Gasteiger charge is 1.97. The lowest BCUT2D eigenvalue weighted by Gasteiger charge is -1.88. The number of hydrogen-bond acceptors (Lipinski definition) is 3. The number of hydrogen-bond donors (Lipinski definition) is 0. The Kier molecular flexibility index (Phi) is 3.71. The summed E-state index contributed by atoms with van der Waals surface area (Å²) in [5, 5.41) is 0. The summed E-state index contributed by atoms with van der Waals surface area (Å²) in [4.78, 5) is 15.9. The Balaban J connectivity index is 2.57. The van der Waals surface area contributed by atoms with Gasteiger partial charge in [-0.15, -0.1) is 11.3 Å². The summed E-state index contributed by atoms with van der Waals surface area (Å²) in [5.41, 5.74) is 0. The van der Waals surface area contributed by atoms with Gasteiger partial charge in [0.15, 0.2) is 0 Å². The highest BCUT2D eigenvalue weighted by Crippen LogP contribution is 2.18. The molecule has 0 unspecified atom stereocenters. The van der Waals surface area contributed by atoms with Crippen LogP contribution in [0.15, 0.2) is 17.1 Å². The maximum absolute atomic E-state index is 9.82. The molecule has 2 nitrogen and oxygen atoms in total. The van der Waals surface area contributed by atoms with Gasteiger partial charge in [-0.2, -0.15) is 0 Å². The lowest BCUT2D eigenvalue weighted by molar-refractivity contribution is 0.563. The van der Waals surface area contributed by atoms with Crippen LogP contribution in [-0.4, -0.2) is 6.08 Å². The van der Waals surface area contributed by atoms with Gasteiger partial charge < -0.3 is 0 Å². The van der Waals surface area contributed by atoms with Gasteiger partial charge in [-0.1, -0.05) is 13.3 Å². The average Bonchev–Trinajstić information content (AvgIpc) is 2.50. The summed E-state index contributed by atoms with van der Waals surface area (Å²) in [7, 11) is 0. The Hall–Kier alpha value is -0.920. The summed E-state index contributed by atoms with van der Waals surface area (Å²) >= 11 is 1.72. The second-order valence-corrected chi connectivity index (χ2v) is 3.78. The first-order chi connectivity index (χ1) is 5.86. The Labute approximate surface area is 76.0 Å². The maximum Gasteiger partial charge on any atom is 0.235 e. The number of aliphatic imine (C=N–C) groups is 1. The van der Waals surface area contributed by atoms with Gasteiger partial charge in [0.05, 0.1) is 6.54 Å². The second kappa shape index (κ2) is 4.86. The topological polar surface area (TPSA) is 29.4 Å². The van der Waals surface area contributed by atoms with Crippen molar-refractivity contribution in [1.82, 2.24) is 0 Å². The Morgan fingerprint density at radius 3 is 2.92 bits per heavy atom. The minimum absolute atomic E-state index is 0.484. The number of aryl methyl sites for hydroxylation is 1. The zero-order valence-corrected chi connectivity index (χ0v) is 7.86. The number of nitrogens with zero attached hydrogens (tertiary/aromatic N) is 1. The van der Waals surface area contributed by atoms with E-state index in [1.54, 1.807) is 11.3 Å². The third kappa shape index (κ3) is 2.61. The van der Waals surface area contributed by atoms with Crippen LogP contribution in [0, 0.1) is 0 Å². The van der Waals surface area contributed by atoms with Gasteiger partial charge in [0.25, 0.3) is 0 Å². The number of isocyanates is 1. The zero-order chi connectivity index (χ0) is 8.81. The molecule has 1 aromatic heterocycles. The SMILES string of the molecule is CCCc1ccc(CN=C=O)s1. The van der Waals surface area contributed by atoms with E-state index in [9.17, 15) is 4.79 Å². The summed E-state index contributed by atoms with van der Waals surface area (Å²) < 4.78 is 0. The molecule has 0 aromatic carbocycles. The molecule has 0 bridgehead atoms. The molecule has 0 aliphatic heterocycles. The van der Waals surface area contributed by atoms with Gasteiger partial charge in [0, 0.05) is 9.75 Å². The van der Waals surface area contributed by atoms with Gasteiger partial charge in [0.1, 0.15) is 0 Å². The van der Waals surface area contributed by atoms with Crippen LogP contribution in [0.5, 0.6) is 0 Å². The summed E-state index contributed by atoms with van der Waals surface area (Å²) in [5.74, 6) is 0. The predicted molar refractivity (Wildman–Crippen MR) is 50.1 cm³/mol. The van der Waals surface area contributed by atoms with Gasteiger partial charge in [-0.3, -0.25) is 0 Å². The first-order valence-corrected chi connectivity index (χ1v) is 4.79. The van der Waals surface area contributed by atoms with Crippen LogP contribution >= 0.6 is 11.3 Å². The van der Waals surface area contributed by atoms with Gasteiger partial charge in [0.2, 0.25) is 6.08 Å². The highest BCUT2D eigenvalue weighted by atomic mass is 32.1. The Morgan fingerprint density at radius 1 is 1.50 bits per heavy atom. The van der Waals surface area contributed by atoms with Crippen LogP contribution in [0.3, 0.4) is 0 Å². The fourth-order valence-electron chi connectivity index (χ4n) is 0.998. The van der Waals surface area contributed by atoms with Crippen molar-refractivity contribution < 1.29 is 4.79 Å². The lowest BCUT2D eigenvalue weighted by Crippen LogP contribution is -1.73. The fourth-order valence-corrected chi connectivity index (χ4v) is 2.04. The van der Waals surface area contributed by atoms with Gasteiger partial charge in [-0.25, -0.2) is 9.79 Å². The van der Waals surface area contributed by atoms with E-state index in [1.807, 2.05) is 6.07 Å². The van der Waals surface area contributed by atoms with Crippen molar-refractivity contribution >= 4 is 17.4 Å². The number of rotatable bonds is 4. The lowest BCUT2D eigenvalue weighted by atomic mass is 10.3. The number of thiophene rings is 1. The second-order valence-electron chi connectivity index (χ2n) is 2.53. The molecule has 1 heterocycles. The van der Waals surface area contributed by atoms with E-state index in [2.05, 4.69) is 18.0 Å². The summed E-state index contributed by atoms with van der Waals surface area (Å²) in [6.45, 7) is 2.64. The molecule has 1 aromatic rings. The summed E-state index contributed by atoms with van der Waals surface area (Å²) in [6, 6.07) is 4.13. The van der Waals surface area contributed by atoms with Crippen LogP contribution in [0.2, 0.25) is 0 Å². The maximum atomic E-state index is 9.82. The predicted octanol–water partition coefficient (Wildman–Crippen LogP) is 2.54. The van der Waals surface area contributed by atoms with E-state index in [0.29, 0.717) is 6.54 Å². The molecule has 3 heteroatoms. The fraction of sp³-hybridized carbons (Fsp3) is 0.444. The van der Waals surface area contributed by atoms with Gasteiger partial charge >= 0.3 is 0 Å². The Morgan fingerprint density at radius 2 is 2.25 bits per heavy atom. The van der Waals surface area contributed by atoms with Crippen molar-refractivity contribution in [2.75, 3.05) is 0 Å². The molecule has 0 saturated carbocycles. The Bertz CT molecular complexity index is 286. The summed E-state index contributed by atoms with van der Waals surface area (Å²) in [6.07, 6.45) is 3.82. The monoisotopic (exact) mass is 181 g/mol. The molecule has 0 atom stereocenters. The van der Waals surface area contributed by atoms with E-state index < -0.39 is 0 Å². The van der Waals surface area contributed by atoms with Crippen LogP contribution < -0.4 is 0 Å². The van der Waals surface area contributed by atoms with E-state index in [0.717, 1.165) is 17.7 Å². The minimum Gasteiger partial charge on any atom is -0.211 e. The van der Waals surface area contributed by atoms with Crippen LogP contribution in [0.1, 0.15) is 23.1 Å². The molecule has 0 radical (unpaired) electrons. The quantitative estimate of drug-likeness (QED) is 0.518. The number of carbonyl (C=O) groups excluding carboxylic acids is 1. The molecule has 64 valence electrons. The molecule has 0 fully saturated rings. The van der Waals surface area contributed by atoms with Crippen molar-refractivity contribution in [2.24, 2.45) is 4.99 Å². The first kappa shape index (κ1) is 9.17. The van der Waals surface area contributed by atoms with Crippen molar-refractivity contribution in [2.45, 2.75) is 26.3 Å². The largest absolute Gasteiger partial charge is 0.235 e. The molecular formula is C9H11NOS. The third-order valence-electron chi connectivity index (χ3n) is 1.51. The van der Waals surface area contributed by atoms with Crippen molar-refractivity contribution in [3.63, 3.8) is 0 Å². The molecule has 1 rings (SSSR count). The molecule has 12 heavy (non-hydrogen) atoms. The minimum atomic E-state index is 0.484. The van der Waals surface area contributed by atoms with Crippen molar-refractivity contribution in [3.8, 4) is 0 Å². The highest BCUT2D eigenvalue weighted by molar-refractivity contribution is 7.11. The van der Waals surface area contributed by atoms with E-state index >= 15 is 0 Å². The molecule has 0 aliphatic carbocycles. The normalized spacial score (nSPS) is 9.42. The van der Waals surface area contributed by atoms with Crippen LogP contribution in [-0.2, 0) is 17.8 Å². The molecule has 0 spiro atoms. The molecule has 0 aliphatic rings. The van der Waals surface area contributed by atoms with Crippen LogP contribution in [0.4, 0.5) is 0 Å². The van der Waals surface area contributed by atoms with Crippen LogP contribution in [0.25, 0.3) is 0 Å². The van der Waals surface area contributed by atoms with E-state index in [-0.39, 0.29) is 0 Å².